The first kappa shape index (κ1) is 21.9. The standard InChI is InChI=1S/C24H18Cl2FN3O2/c25-19-8-9-22(21(26)13-19)32-15-16-4-6-18(7-5-16)24(31)28-23-10-11-30(29-23)14-17-2-1-3-20(27)12-17/h1-13H,14-15H2,(H,28,29,31). The fraction of sp³-hybridized carbons (Fsp3) is 0.0833. The van der Waals surface area contributed by atoms with E-state index in [1.165, 1.54) is 12.1 Å². The Balaban J connectivity index is 1.33. The van der Waals surface area contributed by atoms with E-state index < -0.39 is 0 Å². The first-order valence-electron chi connectivity index (χ1n) is 9.72. The summed E-state index contributed by atoms with van der Waals surface area (Å²) in [6.07, 6.45) is 1.73. The molecule has 3 aromatic carbocycles. The number of amides is 1. The minimum Gasteiger partial charge on any atom is -0.487 e. The van der Waals surface area contributed by atoms with Crippen molar-refractivity contribution in [1.29, 1.82) is 0 Å². The van der Waals surface area contributed by atoms with E-state index in [0.717, 1.165) is 11.1 Å². The number of carbonyl (C=O) groups is 1. The third-order valence-corrected chi connectivity index (χ3v) is 5.15. The molecule has 1 aromatic heterocycles. The number of benzene rings is 3. The zero-order chi connectivity index (χ0) is 22.5. The molecule has 0 fully saturated rings. The average molecular weight is 470 g/mol. The Bertz CT molecular complexity index is 1240. The number of aromatic nitrogens is 2. The van der Waals surface area contributed by atoms with Gasteiger partial charge in [-0.15, -0.1) is 0 Å². The number of carbonyl (C=O) groups excluding carboxylic acids is 1. The van der Waals surface area contributed by atoms with Crippen LogP contribution in [0.2, 0.25) is 10.0 Å². The molecule has 0 aliphatic heterocycles. The highest BCUT2D eigenvalue weighted by Gasteiger charge is 2.09. The van der Waals surface area contributed by atoms with Crippen LogP contribution in [0.1, 0.15) is 21.5 Å². The van der Waals surface area contributed by atoms with Gasteiger partial charge in [-0.3, -0.25) is 9.48 Å². The number of halogens is 3. The van der Waals surface area contributed by atoms with Crippen molar-refractivity contribution in [3.05, 3.63) is 112 Å². The van der Waals surface area contributed by atoms with Crippen LogP contribution in [0.5, 0.6) is 5.75 Å². The summed E-state index contributed by atoms with van der Waals surface area (Å²) in [7, 11) is 0. The molecule has 0 bridgehead atoms. The number of nitrogens with zero attached hydrogens (tertiary/aromatic N) is 2. The molecule has 4 aromatic rings. The summed E-state index contributed by atoms with van der Waals surface area (Å²) in [6, 6.07) is 20.1. The largest absolute Gasteiger partial charge is 0.487 e. The van der Waals surface area contributed by atoms with Crippen molar-refractivity contribution >= 4 is 34.9 Å². The van der Waals surface area contributed by atoms with Crippen molar-refractivity contribution in [2.75, 3.05) is 5.32 Å². The van der Waals surface area contributed by atoms with Gasteiger partial charge in [0.15, 0.2) is 5.82 Å². The highest BCUT2D eigenvalue weighted by atomic mass is 35.5. The molecule has 1 heterocycles. The maximum Gasteiger partial charge on any atom is 0.256 e. The van der Waals surface area contributed by atoms with Gasteiger partial charge >= 0.3 is 0 Å². The van der Waals surface area contributed by atoms with Gasteiger partial charge in [0.2, 0.25) is 0 Å². The third-order valence-electron chi connectivity index (χ3n) is 4.62. The Labute approximate surface area is 194 Å². The summed E-state index contributed by atoms with van der Waals surface area (Å²) in [5.74, 6) is 0.366. The number of ether oxygens (including phenoxy) is 1. The van der Waals surface area contributed by atoms with Crippen LogP contribution in [0.4, 0.5) is 10.2 Å². The first-order chi connectivity index (χ1) is 15.5. The molecule has 0 saturated heterocycles. The molecule has 0 saturated carbocycles. The molecular formula is C24H18Cl2FN3O2. The van der Waals surface area contributed by atoms with Crippen molar-refractivity contribution in [1.82, 2.24) is 9.78 Å². The first-order valence-corrected chi connectivity index (χ1v) is 10.5. The predicted molar refractivity (Wildman–Crippen MR) is 123 cm³/mol. The molecule has 1 N–H and O–H groups in total. The number of hydrogen-bond donors (Lipinski definition) is 1. The Morgan fingerprint density at radius 1 is 1.00 bits per heavy atom. The molecule has 0 radical (unpaired) electrons. The van der Waals surface area contributed by atoms with Crippen LogP contribution in [0.25, 0.3) is 0 Å². The highest BCUT2D eigenvalue weighted by Crippen LogP contribution is 2.28. The van der Waals surface area contributed by atoms with Crippen LogP contribution in [-0.2, 0) is 13.2 Å². The molecular weight excluding hydrogens is 452 g/mol. The van der Waals surface area contributed by atoms with E-state index >= 15 is 0 Å². The molecule has 0 unspecified atom stereocenters. The lowest BCUT2D eigenvalue weighted by molar-refractivity contribution is 0.102. The van der Waals surface area contributed by atoms with Crippen molar-refractivity contribution in [3.8, 4) is 5.75 Å². The second kappa shape index (κ2) is 9.85. The molecule has 0 atom stereocenters. The van der Waals surface area contributed by atoms with Crippen molar-refractivity contribution in [2.24, 2.45) is 0 Å². The van der Waals surface area contributed by atoms with E-state index in [1.807, 2.05) is 6.07 Å². The fourth-order valence-electron chi connectivity index (χ4n) is 3.03. The predicted octanol–water partition coefficient (Wildman–Crippen LogP) is 6.21. The van der Waals surface area contributed by atoms with Gasteiger partial charge in [-0.2, -0.15) is 5.10 Å². The van der Waals surface area contributed by atoms with Gasteiger partial charge in [0.05, 0.1) is 11.6 Å². The second-order valence-electron chi connectivity index (χ2n) is 7.04. The lowest BCUT2D eigenvalue weighted by Crippen LogP contribution is -2.13. The summed E-state index contributed by atoms with van der Waals surface area (Å²) in [4.78, 5) is 12.5. The fourth-order valence-corrected chi connectivity index (χ4v) is 3.50. The molecule has 0 aliphatic rings. The van der Waals surface area contributed by atoms with Crippen molar-refractivity contribution < 1.29 is 13.9 Å². The van der Waals surface area contributed by atoms with Gasteiger partial charge in [0.25, 0.3) is 5.91 Å². The van der Waals surface area contributed by atoms with E-state index in [0.29, 0.717) is 40.3 Å². The van der Waals surface area contributed by atoms with Crippen LogP contribution in [0, 0.1) is 5.82 Å². The molecule has 0 spiro atoms. The van der Waals surface area contributed by atoms with Gasteiger partial charge in [-0.1, -0.05) is 47.5 Å². The van der Waals surface area contributed by atoms with E-state index in [9.17, 15) is 9.18 Å². The Morgan fingerprint density at radius 3 is 2.56 bits per heavy atom. The number of anilines is 1. The quantitative estimate of drug-likeness (QED) is 0.350. The Morgan fingerprint density at radius 2 is 1.81 bits per heavy atom. The Kier molecular flexibility index (Phi) is 6.73. The van der Waals surface area contributed by atoms with Gasteiger partial charge in [-0.25, -0.2) is 4.39 Å². The SMILES string of the molecule is O=C(Nc1ccn(Cc2cccc(F)c2)n1)c1ccc(COc2ccc(Cl)cc2Cl)cc1. The monoisotopic (exact) mass is 469 g/mol. The third kappa shape index (κ3) is 5.66. The molecule has 8 heteroatoms. The summed E-state index contributed by atoms with van der Waals surface area (Å²) in [5.41, 5.74) is 2.15. The lowest BCUT2D eigenvalue weighted by Gasteiger charge is -2.09. The average Bonchev–Trinajstić information content (AvgIpc) is 3.20. The van der Waals surface area contributed by atoms with Gasteiger partial charge < -0.3 is 10.1 Å². The van der Waals surface area contributed by atoms with Crippen LogP contribution in [-0.4, -0.2) is 15.7 Å². The summed E-state index contributed by atoms with van der Waals surface area (Å²) >= 11 is 12.0. The highest BCUT2D eigenvalue weighted by molar-refractivity contribution is 6.35. The van der Waals surface area contributed by atoms with Crippen LogP contribution in [0.15, 0.2) is 79.0 Å². The van der Waals surface area contributed by atoms with Crippen LogP contribution >= 0.6 is 23.2 Å². The number of nitrogens with one attached hydrogen (secondary N) is 1. The van der Waals surface area contributed by atoms with Crippen molar-refractivity contribution in [2.45, 2.75) is 13.2 Å². The number of hydrogen-bond acceptors (Lipinski definition) is 3. The summed E-state index contributed by atoms with van der Waals surface area (Å²) in [5, 5.41) is 8.05. The Hall–Kier alpha value is -3.35. The zero-order valence-electron chi connectivity index (χ0n) is 16.8. The maximum absolute atomic E-state index is 13.3. The molecule has 1 amide bonds. The van der Waals surface area contributed by atoms with Gasteiger partial charge in [-0.05, 0) is 53.6 Å². The van der Waals surface area contributed by atoms with E-state index in [1.54, 1.807) is 65.5 Å². The molecule has 0 aliphatic carbocycles. The van der Waals surface area contributed by atoms with E-state index in [4.69, 9.17) is 27.9 Å². The number of rotatable bonds is 7. The molecule has 4 rings (SSSR count). The second-order valence-corrected chi connectivity index (χ2v) is 7.89. The van der Waals surface area contributed by atoms with Crippen LogP contribution < -0.4 is 10.1 Å². The smallest absolute Gasteiger partial charge is 0.256 e. The minimum absolute atomic E-state index is 0.283. The topological polar surface area (TPSA) is 56.2 Å². The molecule has 162 valence electrons. The maximum atomic E-state index is 13.3. The zero-order valence-corrected chi connectivity index (χ0v) is 18.3. The van der Waals surface area contributed by atoms with E-state index in [-0.39, 0.29) is 11.7 Å². The minimum atomic E-state index is -0.298. The van der Waals surface area contributed by atoms with E-state index in [2.05, 4.69) is 10.4 Å². The summed E-state index contributed by atoms with van der Waals surface area (Å²) in [6.45, 7) is 0.702. The lowest BCUT2D eigenvalue weighted by atomic mass is 10.1. The summed E-state index contributed by atoms with van der Waals surface area (Å²) < 4.78 is 20.7. The normalized spacial score (nSPS) is 10.7. The van der Waals surface area contributed by atoms with Gasteiger partial charge in [0, 0.05) is 22.8 Å². The molecule has 32 heavy (non-hydrogen) atoms. The van der Waals surface area contributed by atoms with Gasteiger partial charge in [0.1, 0.15) is 18.2 Å². The van der Waals surface area contributed by atoms with Crippen LogP contribution in [0.3, 0.4) is 0 Å². The molecule has 5 nitrogen and oxygen atoms in total. The van der Waals surface area contributed by atoms with Crippen molar-refractivity contribution in [3.63, 3.8) is 0 Å².